The van der Waals surface area contributed by atoms with Crippen LogP contribution in [0.4, 0.5) is 4.79 Å². The van der Waals surface area contributed by atoms with Crippen molar-refractivity contribution in [1.82, 2.24) is 5.32 Å². The van der Waals surface area contributed by atoms with Gasteiger partial charge in [-0.2, -0.15) is 0 Å². The molecule has 0 fully saturated rings. The van der Waals surface area contributed by atoms with Crippen LogP contribution < -0.4 is 5.32 Å². The smallest absolute Gasteiger partial charge is 0.407 e. The summed E-state index contributed by atoms with van der Waals surface area (Å²) < 4.78 is 7.43. The average Bonchev–Trinajstić information content (AvgIpc) is 3.25. The fourth-order valence-electron chi connectivity index (χ4n) is 4.63. The van der Waals surface area contributed by atoms with E-state index in [1.165, 1.54) is 22.3 Å². The summed E-state index contributed by atoms with van der Waals surface area (Å²) in [7, 11) is 0. The van der Waals surface area contributed by atoms with E-state index in [4.69, 9.17) is 4.74 Å². The average molecular weight is 684 g/mol. The summed E-state index contributed by atoms with van der Waals surface area (Å²) in [5, 5.41) is 2.93. The molecule has 4 aromatic carbocycles. The normalized spacial score (nSPS) is 12.1. The van der Waals surface area contributed by atoms with Crippen molar-refractivity contribution in [3.63, 3.8) is 0 Å². The largest absolute Gasteiger partial charge is 0.449 e. The zero-order chi connectivity index (χ0) is 25.8. The van der Waals surface area contributed by atoms with Crippen molar-refractivity contribution in [2.24, 2.45) is 0 Å². The molecule has 0 spiro atoms. The summed E-state index contributed by atoms with van der Waals surface area (Å²) in [5.41, 5.74) is 7.53. The maximum atomic E-state index is 12.8. The highest BCUT2D eigenvalue weighted by molar-refractivity contribution is 14.1. The first-order chi connectivity index (χ1) is 18.1. The lowest BCUT2D eigenvalue weighted by molar-refractivity contribution is 0.112. The third kappa shape index (κ3) is 5.63. The first kappa shape index (κ1) is 26.0. The summed E-state index contributed by atoms with van der Waals surface area (Å²) in [6.45, 7) is 0.601. The lowest BCUT2D eigenvalue weighted by Gasteiger charge is -2.17. The van der Waals surface area contributed by atoms with Gasteiger partial charge in [0.1, 0.15) is 6.61 Å². The van der Waals surface area contributed by atoms with Crippen molar-refractivity contribution in [3.05, 3.63) is 117 Å². The van der Waals surface area contributed by atoms with Gasteiger partial charge >= 0.3 is 6.09 Å². The molecule has 0 bridgehead atoms. The number of nitrogens with one attached hydrogen (secondary N) is 1. The van der Waals surface area contributed by atoms with Crippen molar-refractivity contribution < 1.29 is 14.3 Å². The quantitative estimate of drug-likeness (QED) is 0.115. The maximum absolute atomic E-state index is 12.8. The second-order valence-electron chi connectivity index (χ2n) is 8.62. The van der Waals surface area contributed by atoms with Gasteiger partial charge in [-0.1, -0.05) is 117 Å². The van der Waals surface area contributed by atoms with E-state index in [1.807, 2.05) is 48.5 Å². The van der Waals surface area contributed by atoms with Crippen LogP contribution in [0.25, 0.3) is 11.1 Å². The molecule has 0 saturated heterocycles. The summed E-state index contributed by atoms with van der Waals surface area (Å²) in [4.78, 5) is 26.3. The lowest BCUT2D eigenvalue weighted by atomic mass is 9.98. The van der Waals surface area contributed by atoms with Crippen LogP contribution in [-0.4, -0.2) is 19.0 Å². The highest BCUT2D eigenvalue weighted by Crippen LogP contribution is 2.44. The van der Waals surface area contributed by atoms with E-state index in [-0.39, 0.29) is 12.5 Å². The number of halogens is 2. The Labute approximate surface area is 242 Å². The third-order valence-electron chi connectivity index (χ3n) is 6.40. The number of rotatable bonds is 8. The zero-order valence-corrected chi connectivity index (χ0v) is 24.3. The van der Waals surface area contributed by atoms with Crippen LogP contribution in [-0.2, 0) is 15.7 Å². The van der Waals surface area contributed by atoms with Crippen LogP contribution in [0.2, 0.25) is 0 Å². The summed E-state index contributed by atoms with van der Waals surface area (Å²) in [6.07, 6.45) is 0.421. The number of hydrogen-bond donors (Lipinski definition) is 1. The number of alkyl carbamates (subject to hydrolysis) is 1. The van der Waals surface area contributed by atoms with E-state index in [0.717, 1.165) is 36.1 Å². The van der Waals surface area contributed by atoms with Gasteiger partial charge in [0.05, 0.1) is 0 Å². The highest BCUT2D eigenvalue weighted by Gasteiger charge is 2.29. The number of ether oxygens (including phenoxy) is 1. The molecule has 0 unspecified atom stereocenters. The van der Waals surface area contributed by atoms with Gasteiger partial charge in [0, 0.05) is 36.7 Å². The Hall–Kier alpha value is -2.62. The van der Waals surface area contributed by atoms with E-state index >= 15 is 0 Å². The molecular formula is C30H23BrINO3S. The predicted octanol–water partition coefficient (Wildman–Crippen LogP) is 8.39. The molecule has 0 radical (unpaired) electrons. The number of alkyl halides is 1. The second-order valence-corrected chi connectivity index (χ2v) is 11.4. The van der Waals surface area contributed by atoms with E-state index in [1.54, 1.807) is 17.8 Å². The standard InChI is InChI=1S/C30H23BrINO3S/c31-22-13-12-21(17-34)28(14-22)37-29-19(15-32)6-5-7-20(29)16-33-30(35)36-18-27-25-10-3-1-8-23(25)24-9-2-4-11-26(24)27/h1-14,17,27H,15-16,18H2,(H,33,35). The van der Waals surface area contributed by atoms with Gasteiger partial charge in [0.15, 0.2) is 6.29 Å². The lowest BCUT2D eigenvalue weighted by Crippen LogP contribution is -2.26. The number of fused-ring (bicyclic) bond motifs is 3. The fraction of sp³-hybridized carbons (Fsp3) is 0.133. The Morgan fingerprint density at radius 1 is 0.946 bits per heavy atom. The maximum Gasteiger partial charge on any atom is 0.407 e. The number of amides is 1. The summed E-state index contributed by atoms with van der Waals surface area (Å²) in [5.74, 6) is 0.0184. The minimum absolute atomic E-state index is 0.0184. The van der Waals surface area contributed by atoms with Crippen molar-refractivity contribution in [2.45, 2.75) is 26.7 Å². The van der Waals surface area contributed by atoms with Gasteiger partial charge < -0.3 is 10.1 Å². The highest BCUT2D eigenvalue weighted by atomic mass is 127. The number of carbonyl (C=O) groups is 2. The minimum atomic E-state index is -0.450. The van der Waals surface area contributed by atoms with E-state index in [9.17, 15) is 9.59 Å². The van der Waals surface area contributed by atoms with Gasteiger partial charge in [-0.3, -0.25) is 4.79 Å². The molecule has 4 nitrogen and oxygen atoms in total. The molecule has 1 N–H and O–H groups in total. The molecule has 1 amide bonds. The monoisotopic (exact) mass is 683 g/mol. The number of benzene rings is 4. The molecule has 0 saturated carbocycles. The van der Waals surface area contributed by atoms with Gasteiger partial charge in [-0.05, 0) is 51.6 Å². The first-order valence-corrected chi connectivity index (χ1v) is 14.9. The second kappa shape index (κ2) is 11.8. The van der Waals surface area contributed by atoms with Crippen molar-refractivity contribution in [2.75, 3.05) is 6.61 Å². The van der Waals surface area contributed by atoms with Gasteiger partial charge in [-0.15, -0.1) is 0 Å². The molecule has 0 atom stereocenters. The molecule has 7 heteroatoms. The van der Waals surface area contributed by atoms with Gasteiger partial charge in [0.2, 0.25) is 0 Å². The molecule has 4 aromatic rings. The molecular weight excluding hydrogens is 661 g/mol. The Kier molecular flexibility index (Phi) is 8.32. The molecule has 0 aromatic heterocycles. The van der Waals surface area contributed by atoms with Gasteiger partial charge in [-0.25, -0.2) is 4.79 Å². The van der Waals surface area contributed by atoms with E-state index in [0.29, 0.717) is 12.1 Å². The van der Waals surface area contributed by atoms with Crippen LogP contribution in [0, 0.1) is 0 Å². The summed E-state index contributed by atoms with van der Waals surface area (Å²) in [6, 6.07) is 28.3. The zero-order valence-electron chi connectivity index (χ0n) is 19.7. The number of carbonyl (C=O) groups excluding carboxylic acids is 2. The Bertz CT molecular complexity index is 1430. The predicted molar refractivity (Wildman–Crippen MR) is 160 cm³/mol. The van der Waals surface area contributed by atoms with Gasteiger partial charge in [0.25, 0.3) is 0 Å². The number of hydrogen-bond acceptors (Lipinski definition) is 4. The molecule has 1 aliphatic carbocycles. The van der Waals surface area contributed by atoms with Crippen LogP contribution in [0.3, 0.4) is 0 Å². The summed E-state index contributed by atoms with van der Waals surface area (Å²) >= 11 is 7.38. The minimum Gasteiger partial charge on any atom is -0.449 e. The van der Waals surface area contributed by atoms with Crippen LogP contribution in [0.1, 0.15) is 38.5 Å². The van der Waals surface area contributed by atoms with Crippen molar-refractivity contribution in [3.8, 4) is 11.1 Å². The molecule has 37 heavy (non-hydrogen) atoms. The number of aldehydes is 1. The third-order valence-corrected chi connectivity index (χ3v) is 9.02. The molecule has 186 valence electrons. The van der Waals surface area contributed by atoms with E-state index in [2.05, 4.69) is 74.2 Å². The fourth-order valence-corrected chi connectivity index (χ4v) is 7.22. The van der Waals surface area contributed by atoms with Crippen LogP contribution in [0.15, 0.2) is 99.2 Å². The SMILES string of the molecule is O=Cc1ccc(Br)cc1Sc1c(CI)cccc1CNC(=O)OCC1c2ccccc2-c2ccccc21. The molecule has 0 aliphatic heterocycles. The van der Waals surface area contributed by atoms with Crippen molar-refractivity contribution >= 4 is 62.7 Å². The topological polar surface area (TPSA) is 55.4 Å². The van der Waals surface area contributed by atoms with Crippen LogP contribution >= 0.6 is 50.3 Å². The molecule has 5 rings (SSSR count). The molecule has 1 aliphatic rings. The van der Waals surface area contributed by atoms with Crippen LogP contribution in [0.5, 0.6) is 0 Å². The first-order valence-electron chi connectivity index (χ1n) is 11.8. The van der Waals surface area contributed by atoms with E-state index < -0.39 is 6.09 Å². The Morgan fingerprint density at radius 2 is 1.62 bits per heavy atom. The molecule has 0 heterocycles. The van der Waals surface area contributed by atoms with Crippen molar-refractivity contribution in [1.29, 1.82) is 0 Å². The Balaban J connectivity index is 1.29. The Morgan fingerprint density at radius 3 is 2.30 bits per heavy atom.